The summed E-state index contributed by atoms with van der Waals surface area (Å²) < 4.78 is 5.18. The maximum atomic E-state index is 12.6. The Balaban J connectivity index is 1.52. The van der Waals surface area contributed by atoms with E-state index in [1.54, 1.807) is 13.2 Å². The van der Waals surface area contributed by atoms with Crippen molar-refractivity contribution < 1.29 is 14.3 Å². The smallest absolute Gasteiger partial charge is 0.253 e. The van der Waals surface area contributed by atoms with Crippen molar-refractivity contribution >= 4 is 11.8 Å². The van der Waals surface area contributed by atoms with E-state index in [-0.39, 0.29) is 17.7 Å². The van der Waals surface area contributed by atoms with Crippen LogP contribution in [0.25, 0.3) is 0 Å². The lowest BCUT2D eigenvalue weighted by atomic mass is 9.95. The zero-order valence-electron chi connectivity index (χ0n) is 14.3. The number of rotatable bonds is 4. The first-order valence-electron chi connectivity index (χ1n) is 8.91. The highest BCUT2D eigenvalue weighted by Gasteiger charge is 2.29. The summed E-state index contributed by atoms with van der Waals surface area (Å²) in [7, 11) is 1.60. The Morgan fingerprint density at radius 2 is 1.83 bits per heavy atom. The van der Waals surface area contributed by atoms with Crippen LogP contribution in [0.5, 0.6) is 5.75 Å². The Kier molecular flexibility index (Phi) is 5.38. The van der Waals surface area contributed by atoms with Crippen LogP contribution in [0.3, 0.4) is 0 Å². The second-order valence-electron chi connectivity index (χ2n) is 6.79. The largest absolute Gasteiger partial charge is 0.497 e. The maximum Gasteiger partial charge on any atom is 0.253 e. The molecule has 1 aromatic carbocycles. The van der Waals surface area contributed by atoms with E-state index in [1.165, 1.54) is 12.8 Å². The molecule has 1 N–H and O–H groups in total. The van der Waals surface area contributed by atoms with Crippen molar-refractivity contribution in [3.05, 3.63) is 29.8 Å². The topological polar surface area (TPSA) is 58.6 Å². The van der Waals surface area contributed by atoms with Crippen LogP contribution in [0.1, 0.15) is 48.9 Å². The Labute approximate surface area is 143 Å². The van der Waals surface area contributed by atoms with Gasteiger partial charge in [0.25, 0.3) is 5.91 Å². The molecule has 130 valence electrons. The zero-order chi connectivity index (χ0) is 16.9. The molecule has 1 saturated carbocycles. The number of methoxy groups -OCH3 is 1. The molecule has 5 nitrogen and oxygen atoms in total. The highest BCUT2D eigenvalue weighted by atomic mass is 16.5. The van der Waals surface area contributed by atoms with Crippen LogP contribution in [0.4, 0.5) is 0 Å². The molecule has 2 aliphatic rings. The summed E-state index contributed by atoms with van der Waals surface area (Å²) in [6, 6.07) is 7.60. The van der Waals surface area contributed by atoms with Crippen molar-refractivity contribution in [3.63, 3.8) is 0 Å². The molecular weight excluding hydrogens is 304 g/mol. The molecule has 24 heavy (non-hydrogen) atoms. The zero-order valence-corrected chi connectivity index (χ0v) is 14.3. The van der Waals surface area contributed by atoms with Gasteiger partial charge in [-0.05, 0) is 43.9 Å². The van der Waals surface area contributed by atoms with Gasteiger partial charge in [0.2, 0.25) is 5.91 Å². The van der Waals surface area contributed by atoms with Crippen molar-refractivity contribution in [2.24, 2.45) is 5.92 Å². The van der Waals surface area contributed by atoms with Gasteiger partial charge in [0.05, 0.1) is 7.11 Å². The number of nitrogens with zero attached hydrogens (tertiary/aromatic N) is 1. The fourth-order valence-corrected chi connectivity index (χ4v) is 3.67. The highest BCUT2D eigenvalue weighted by Crippen LogP contribution is 2.23. The second kappa shape index (κ2) is 7.69. The molecule has 0 unspecified atom stereocenters. The molecule has 2 amide bonds. The Morgan fingerprint density at radius 3 is 2.50 bits per heavy atom. The molecule has 0 bridgehead atoms. The van der Waals surface area contributed by atoms with Gasteiger partial charge in [-0.1, -0.05) is 18.9 Å². The fourth-order valence-electron chi connectivity index (χ4n) is 3.67. The molecule has 3 rings (SSSR count). The first-order chi connectivity index (χ1) is 11.7. The Bertz CT molecular complexity index is 588. The van der Waals surface area contributed by atoms with Crippen molar-refractivity contribution in [3.8, 4) is 5.75 Å². The van der Waals surface area contributed by atoms with Gasteiger partial charge in [-0.3, -0.25) is 9.59 Å². The van der Waals surface area contributed by atoms with Crippen LogP contribution in [-0.4, -0.2) is 43.0 Å². The average Bonchev–Trinajstić information content (AvgIpc) is 3.14. The number of carbonyl (C=O) groups excluding carboxylic acids is 2. The van der Waals surface area contributed by atoms with Crippen LogP contribution >= 0.6 is 0 Å². The minimum absolute atomic E-state index is 0.0172. The standard InChI is InChI=1S/C19H26N2O3/c1-24-17-8-4-5-15(13-17)19(23)21-11-9-14(10-12-21)18(22)20-16-6-2-3-7-16/h4-5,8,13-14,16H,2-3,6-7,9-12H2,1H3,(H,20,22). The molecule has 0 atom stereocenters. The van der Waals surface area contributed by atoms with Crippen LogP contribution in [0.15, 0.2) is 24.3 Å². The molecule has 0 aromatic heterocycles. The average molecular weight is 330 g/mol. The summed E-state index contributed by atoms with van der Waals surface area (Å²) in [6.45, 7) is 1.28. The number of likely N-dealkylation sites (tertiary alicyclic amines) is 1. The second-order valence-corrected chi connectivity index (χ2v) is 6.79. The summed E-state index contributed by atoms with van der Waals surface area (Å²) in [5, 5.41) is 3.18. The van der Waals surface area contributed by atoms with Crippen LogP contribution in [-0.2, 0) is 4.79 Å². The van der Waals surface area contributed by atoms with E-state index in [1.807, 2.05) is 23.1 Å². The molecule has 0 spiro atoms. The maximum absolute atomic E-state index is 12.6. The number of ether oxygens (including phenoxy) is 1. The van der Waals surface area contributed by atoms with E-state index < -0.39 is 0 Å². The number of amides is 2. The normalized spacial score (nSPS) is 19.3. The van der Waals surface area contributed by atoms with Crippen LogP contribution in [0, 0.1) is 5.92 Å². The fraction of sp³-hybridized carbons (Fsp3) is 0.579. The summed E-state index contributed by atoms with van der Waals surface area (Å²) in [5.41, 5.74) is 0.642. The predicted molar refractivity (Wildman–Crippen MR) is 92.0 cm³/mol. The van der Waals surface area contributed by atoms with Gasteiger partial charge < -0.3 is 15.0 Å². The lowest BCUT2D eigenvalue weighted by Gasteiger charge is -2.32. The third-order valence-corrected chi connectivity index (χ3v) is 5.17. The molecule has 1 aliphatic carbocycles. The summed E-state index contributed by atoms with van der Waals surface area (Å²) in [5.74, 6) is 0.922. The quantitative estimate of drug-likeness (QED) is 0.923. The third-order valence-electron chi connectivity index (χ3n) is 5.17. The van der Waals surface area contributed by atoms with Crippen LogP contribution in [0.2, 0.25) is 0 Å². The molecule has 5 heteroatoms. The van der Waals surface area contributed by atoms with Gasteiger partial charge >= 0.3 is 0 Å². The van der Waals surface area contributed by atoms with Gasteiger partial charge in [-0.15, -0.1) is 0 Å². The molecule has 1 aromatic rings. The molecule has 0 radical (unpaired) electrons. The third kappa shape index (κ3) is 3.89. The number of hydrogen-bond acceptors (Lipinski definition) is 3. The minimum Gasteiger partial charge on any atom is -0.497 e. The van der Waals surface area contributed by atoms with Crippen molar-refractivity contribution in [2.75, 3.05) is 20.2 Å². The Hall–Kier alpha value is -2.04. The first kappa shape index (κ1) is 16.8. The van der Waals surface area contributed by atoms with Crippen molar-refractivity contribution in [1.82, 2.24) is 10.2 Å². The summed E-state index contributed by atoms with van der Waals surface area (Å²) in [4.78, 5) is 26.8. The van der Waals surface area contributed by atoms with Crippen molar-refractivity contribution in [1.29, 1.82) is 0 Å². The SMILES string of the molecule is COc1cccc(C(=O)N2CCC(C(=O)NC3CCCC3)CC2)c1. The minimum atomic E-state index is 0.0172. The van der Waals surface area contributed by atoms with Crippen molar-refractivity contribution in [2.45, 2.75) is 44.6 Å². The number of nitrogens with one attached hydrogen (secondary N) is 1. The van der Waals surface area contributed by atoms with E-state index >= 15 is 0 Å². The lowest BCUT2D eigenvalue weighted by Crippen LogP contribution is -2.44. The number of benzene rings is 1. The van der Waals surface area contributed by atoms with E-state index in [0.29, 0.717) is 30.4 Å². The van der Waals surface area contributed by atoms with Crippen LogP contribution < -0.4 is 10.1 Å². The van der Waals surface area contributed by atoms with E-state index in [9.17, 15) is 9.59 Å². The van der Waals surface area contributed by atoms with Gasteiger partial charge in [0.15, 0.2) is 0 Å². The highest BCUT2D eigenvalue weighted by molar-refractivity contribution is 5.94. The van der Waals surface area contributed by atoms with E-state index in [0.717, 1.165) is 25.7 Å². The van der Waals surface area contributed by atoms with E-state index in [4.69, 9.17) is 4.74 Å². The molecule has 1 aliphatic heterocycles. The van der Waals surface area contributed by atoms with Gasteiger partial charge in [-0.25, -0.2) is 0 Å². The summed E-state index contributed by atoms with van der Waals surface area (Å²) >= 11 is 0. The van der Waals surface area contributed by atoms with E-state index in [2.05, 4.69) is 5.32 Å². The summed E-state index contributed by atoms with van der Waals surface area (Å²) in [6.07, 6.45) is 6.15. The Morgan fingerprint density at radius 1 is 1.12 bits per heavy atom. The number of hydrogen-bond donors (Lipinski definition) is 1. The molecular formula is C19H26N2O3. The first-order valence-corrected chi connectivity index (χ1v) is 8.91. The monoisotopic (exact) mass is 330 g/mol. The number of carbonyl (C=O) groups is 2. The van der Waals surface area contributed by atoms with Gasteiger partial charge in [-0.2, -0.15) is 0 Å². The predicted octanol–water partition coefficient (Wildman–Crippen LogP) is 2.61. The molecule has 2 fully saturated rings. The van der Waals surface area contributed by atoms with Gasteiger partial charge in [0, 0.05) is 30.6 Å². The molecule has 1 heterocycles. The lowest BCUT2D eigenvalue weighted by molar-refractivity contribution is -0.127. The van der Waals surface area contributed by atoms with Gasteiger partial charge in [0.1, 0.15) is 5.75 Å². The molecule has 1 saturated heterocycles. The number of piperidine rings is 1.